The summed E-state index contributed by atoms with van der Waals surface area (Å²) in [6.45, 7) is 4.12. The largest absolute Gasteiger partial charge is 0.497 e. The number of nitrogens with one attached hydrogen (secondary N) is 2. The summed E-state index contributed by atoms with van der Waals surface area (Å²) in [4.78, 5) is 17.9. The Balaban J connectivity index is 1.48. The van der Waals surface area contributed by atoms with E-state index in [1.807, 2.05) is 26.0 Å². The smallest absolute Gasteiger partial charge is 0.255 e. The number of fused-ring (bicyclic) bond motifs is 1. The molecule has 0 spiro atoms. The Morgan fingerprint density at radius 3 is 2.62 bits per heavy atom. The maximum absolute atomic E-state index is 14.1. The van der Waals surface area contributed by atoms with Gasteiger partial charge in [0.25, 0.3) is 5.91 Å². The Bertz CT molecular complexity index is 1520. The van der Waals surface area contributed by atoms with Crippen molar-refractivity contribution < 1.29 is 23.4 Å². The lowest BCUT2D eigenvalue weighted by molar-refractivity contribution is -0.113. The van der Waals surface area contributed by atoms with Crippen molar-refractivity contribution in [2.24, 2.45) is 0 Å². The second kappa shape index (κ2) is 11.3. The number of rotatable bonds is 9. The molecule has 0 unspecified atom stereocenters. The molecule has 3 aromatic carbocycles. The Morgan fingerprint density at radius 2 is 1.87 bits per heavy atom. The number of aromatic nitrogens is 3. The fourth-order valence-corrected chi connectivity index (χ4v) is 4.42. The molecule has 0 saturated heterocycles. The number of nitrogens with zero attached hydrogens (tertiary/aromatic N) is 3. The quantitative estimate of drug-likeness (QED) is 0.302. The van der Waals surface area contributed by atoms with Gasteiger partial charge in [-0.1, -0.05) is 24.3 Å². The fourth-order valence-electron chi connectivity index (χ4n) is 4.42. The van der Waals surface area contributed by atoms with Gasteiger partial charge in [-0.15, -0.1) is 0 Å². The van der Waals surface area contributed by atoms with E-state index in [1.165, 1.54) is 12.4 Å². The number of methoxy groups -OCH3 is 1. The summed E-state index contributed by atoms with van der Waals surface area (Å²) in [6.07, 6.45) is 1.43. The molecule has 1 aliphatic rings. The van der Waals surface area contributed by atoms with Gasteiger partial charge in [-0.25, -0.2) is 9.07 Å². The highest BCUT2D eigenvalue weighted by atomic mass is 19.1. The number of carbonyl (C=O) groups excluding carboxylic acids is 1. The minimum absolute atomic E-state index is 0.0429. The molecular weight excluding hydrogens is 501 g/mol. The fraction of sp³-hybridized carbons (Fsp3) is 0.207. The molecule has 0 bridgehead atoms. The number of benzene rings is 3. The lowest BCUT2D eigenvalue weighted by Gasteiger charge is -2.29. The van der Waals surface area contributed by atoms with E-state index < -0.39 is 6.04 Å². The Morgan fingerprint density at radius 1 is 1.08 bits per heavy atom. The highest BCUT2D eigenvalue weighted by Gasteiger charge is 2.34. The summed E-state index contributed by atoms with van der Waals surface area (Å²) in [5.41, 5.74) is 2.90. The molecule has 0 saturated carbocycles. The number of hydrogen-bond donors (Lipinski definition) is 2. The molecule has 0 aliphatic carbocycles. The number of allylic oxidation sites excluding steroid dienone is 1. The van der Waals surface area contributed by atoms with Crippen LogP contribution in [0.2, 0.25) is 0 Å². The molecule has 39 heavy (non-hydrogen) atoms. The predicted octanol–water partition coefficient (Wildman–Crippen LogP) is 5.33. The van der Waals surface area contributed by atoms with Crippen molar-refractivity contribution in [1.29, 1.82) is 0 Å². The van der Waals surface area contributed by atoms with Crippen molar-refractivity contribution in [1.82, 2.24) is 14.8 Å². The van der Waals surface area contributed by atoms with Gasteiger partial charge in [-0.3, -0.25) is 4.79 Å². The zero-order chi connectivity index (χ0) is 27.4. The molecule has 1 atom stereocenters. The molecular formula is C29H28FN5O4. The van der Waals surface area contributed by atoms with Crippen LogP contribution in [0.15, 0.2) is 84.3 Å². The number of hydrogen-bond acceptors (Lipinski definition) is 7. The lowest BCUT2D eigenvalue weighted by Crippen LogP contribution is -2.31. The number of carbonyl (C=O) groups is 1. The molecule has 5 rings (SSSR count). The van der Waals surface area contributed by atoms with Gasteiger partial charge in [0.15, 0.2) is 11.5 Å². The number of halogens is 1. The minimum atomic E-state index is -0.596. The summed E-state index contributed by atoms with van der Waals surface area (Å²) >= 11 is 0. The van der Waals surface area contributed by atoms with Gasteiger partial charge in [0.05, 0.1) is 19.3 Å². The van der Waals surface area contributed by atoms with E-state index >= 15 is 0 Å². The lowest BCUT2D eigenvalue weighted by atomic mass is 9.94. The number of anilines is 2. The van der Waals surface area contributed by atoms with Crippen LogP contribution in [0.1, 0.15) is 31.0 Å². The first-order valence-electron chi connectivity index (χ1n) is 12.4. The molecule has 0 radical (unpaired) electrons. The zero-order valence-electron chi connectivity index (χ0n) is 21.8. The Hall–Kier alpha value is -4.86. The van der Waals surface area contributed by atoms with E-state index in [0.717, 1.165) is 5.56 Å². The molecule has 4 aromatic rings. The molecule has 10 heteroatoms. The molecule has 1 aliphatic heterocycles. The van der Waals surface area contributed by atoms with E-state index in [2.05, 4.69) is 20.7 Å². The van der Waals surface area contributed by atoms with Crippen molar-refractivity contribution in [3.63, 3.8) is 0 Å². The van der Waals surface area contributed by atoms with Crippen LogP contribution < -0.4 is 24.8 Å². The molecule has 1 amide bonds. The first-order valence-corrected chi connectivity index (χ1v) is 12.4. The molecule has 200 valence electrons. The van der Waals surface area contributed by atoms with Gasteiger partial charge < -0.3 is 24.8 Å². The van der Waals surface area contributed by atoms with Crippen LogP contribution in [0, 0.1) is 5.82 Å². The third-order valence-electron chi connectivity index (χ3n) is 6.31. The highest BCUT2D eigenvalue weighted by Crippen LogP contribution is 2.39. The normalized spacial score (nSPS) is 14.3. The monoisotopic (exact) mass is 529 g/mol. The van der Waals surface area contributed by atoms with Crippen LogP contribution in [0.4, 0.5) is 16.0 Å². The van der Waals surface area contributed by atoms with Crippen molar-refractivity contribution >= 4 is 17.5 Å². The SMILES string of the molecule is CCOc1cc([C@H]2C(C(=O)Nc3ccc(OC)cc3)=C(C)Nc3ncnn32)ccc1OCc1ccccc1F. The van der Waals surface area contributed by atoms with Gasteiger partial charge in [0.1, 0.15) is 30.5 Å². The second-order valence-electron chi connectivity index (χ2n) is 8.80. The summed E-state index contributed by atoms with van der Waals surface area (Å²) in [6, 6.07) is 18.4. The standard InChI is InChI=1S/C29H28FN5O4/c1-4-38-25-15-19(9-14-24(25)39-16-20-7-5-6-8-23(20)30)27-26(18(2)33-29-31-17-32-35(27)29)28(36)34-21-10-12-22(37-3)13-11-21/h5-15,17,27H,4,16H2,1-3H3,(H,34,36)(H,31,32,33)/t27-/m0/s1. The first-order chi connectivity index (χ1) is 19.0. The van der Waals surface area contributed by atoms with Crippen LogP contribution >= 0.6 is 0 Å². The summed E-state index contributed by atoms with van der Waals surface area (Å²) in [7, 11) is 1.59. The first kappa shape index (κ1) is 25.8. The molecule has 2 heterocycles. The van der Waals surface area contributed by atoms with Crippen molar-refractivity contribution in [3.8, 4) is 17.2 Å². The van der Waals surface area contributed by atoms with Crippen LogP contribution in [0.5, 0.6) is 17.2 Å². The van der Waals surface area contributed by atoms with E-state index in [0.29, 0.717) is 52.3 Å². The van der Waals surface area contributed by atoms with E-state index in [9.17, 15) is 9.18 Å². The molecule has 0 fully saturated rings. The van der Waals surface area contributed by atoms with Crippen molar-refractivity contribution in [3.05, 3.63) is 101 Å². The van der Waals surface area contributed by atoms with Gasteiger partial charge in [-0.2, -0.15) is 10.1 Å². The van der Waals surface area contributed by atoms with Crippen molar-refractivity contribution in [2.75, 3.05) is 24.4 Å². The van der Waals surface area contributed by atoms with Gasteiger partial charge in [0, 0.05) is 16.9 Å². The van der Waals surface area contributed by atoms with Crippen LogP contribution in [0.25, 0.3) is 0 Å². The highest BCUT2D eigenvalue weighted by molar-refractivity contribution is 6.06. The van der Waals surface area contributed by atoms with Gasteiger partial charge in [0.2, 0.25) is 5.95 Å². The van der Waals surface area contributed by atoms with E-state index in [1.54, 1.807) is 60.3 Å². The van der Waals surface area contributed by atoms with E-state index in [-0.39, 0.29) is 18.3 Å². The average molecular weight is 530 g/mol. The third kappa shape index (κ3) is 5.40. The summed E-state index contributed by atoms with van der Waals surface area (Å²) in [5.74, 6) is 1.49. The van der Waals surface area contributed by atoms with Gasteiger partial charge >= 0.3 is 0 Å². The molecule has 9 nitrogen and oxygen atoms in total. The van der Waals surface area contributed by atoms with Crippen molar-refractivity contribution in [2.45, 2.75) is 26.5 Å². The number of ether oxygens (including phenoxy) is 3. The van der Waals surface area contributed by atoms with Gasteiger partial charge in [-0.05, 0) is 61.9 Å². The average Bonchev–Trinajstić information content (AvgIpc) is 3.41. The zero-order valence-corrected chi connectivity index (χ0v) is 21.8. The van der Waals surface area contributed by atoms with Crippen LogP contribution in [0.3, 0.4) is 0 Å². The Labute approximate surface area is 225 Å². The third-order valence-corrected chi connectivity index (χ3v) is 6.31. The van der Waals surface area contributed by atoms with Crippen LogP contribution in [-0.4, -0.2) is 34.4 Å². The van der Waals surface area contributed by atoms with Crippen LogP contribution in [-0.2, 0) is 11.4 Å². The summed E-state index contributed by atoms with van der Waals surface area (Å²) < 4.78 is 32.8. The topological polar surface area (TPSA) is 99.5 Å². The molecule has 2 N–H and O–H groups in total. The van der Waals surface area contributed by atoms with E-state index in [4.69, 9.17) is 14.2 Å². The molecule has 1 aromatic heterocycles. The summed E-state index contributed by atoms with van der Waals surface area (Å²) in [5, 5.41) is 10.5. The number of amides is 1. The predicted molar refractivity (Wildman–Crippen MR) is 144 cm³/mol. The maximum Gasteiger partial charge on any atom is 0.255 e. The minimum Gasteiger partial charge on any atom is -0.497 e. The second-order valence-corrected chi connectivity index (χ2v) is 8.80. The maximum atomic E-state index is 14.1. The Kier molecular flexibility index (Phi) is 7.44.